The third kappa shape index (κ3) is 4.37. The average Bonchev–Trinajstić information content (AvgIpc) is 2.66. The van der Waals surface area contributed by atoms with Gasteiger partial charge in [-0.25, -0.2) is 0 Å². The van der Waals surface area contributed by atoms with E-state index in [-0.39, 0.29) is 12.5 Å². The van der Waals surface area contributed by atoms with E-state index in [1.54, 1.807) is 0 Å². The van der Waals surface area contributed by atoms with Crippen LogP contribution >= 0.6 is 11.6 Å². The molecule has 0 saturated carbocycles. The second-order valence-corrected chi connectivity index (χ2v) is 6.45. The molecule has 0 aromatic heterocycles. The molecule has 2 rings (SSSR count). The van der Waals surface area contributed by atoms with Crippen LogP contribution in [0.1, 0.15) is 37.3 Å². The number of aryl methyl sites for hydroxylation is 2. The molecule has 0 spiro atoms. The summed E-state index contributed by atoms with van der Waals surface area (Å²) in [5, 5.41) is 0.759. The first kappa shape index (κ1) is 16.2. The van der Waals surface area contributed by atoms with E-state index in [4.69, 9.17) is 16.3 Å². The topological polar surface area (TPSA) is 29.5 Å². The second kappa shape index (κ2) is 7.17. The number of halogens is 1. The molecule has 21 heavy (non-hydrogen) atoms. The van der Waals surface area contributed by atoms with Crippen molar-refractivity contribution in [1.29, 1.82) is 0 Å². The van der Waals surface area contributed by atoms with Crippen molar-refractivity contribution in [2.24, 2.45) is 5.92 Å². The number of likely N-dealkylation sites (tertiary alicyclic amines) is 1. The van der Waals surface area contributed by atoms with Crippen molar-refractivity contribution in [3.63, 3.8) is 0 Å². The van der Waals surface area contributed by atoms with E-state index < -0.39 is 0 Å². The maximum Gasteiger partial charge on any atom is 0.260 e. The molecule has 0 bridgehead atoms. The summed E-state index contributed by atoms with van der Waals surface area (Å²) in [5.41, 5.74) is 1.95. The van der Waals surface area contributed by atoms with E-state index >= 15 is 0 Å². The van der Waals surface area contributed by atoms with Crippen LogP contribution < -0.4 is 4.74 Å². The van der Waals surface area contributed by atoms with Gasteiger partial charge in [0, 0.05) is 18.1 Å². The number of ether oxygens (including phenoxy) is 1. The molecule has 1 aromatic rings. The normalized spacial score (nSPS) is 19.2. The molecule has 1 aromatic carbocycles. The lowest BCUT2D eigenvalue weighted by Crippen LogP contribution is -2.35. The van der Waals surface area contributed by atoms with E-state index in [1.165, 1.54) is 6.42 Å². The van der Waals surface area contributed by atoms with Crippen LogP contribution in [-0.4, -0.2) is 30.5 Å². The van der Waals surface area contributed by atoms with Gasteiger partial charge in [-0.2, -0.15) is 0 Å². The molecule has 1 aliphatic rings. The number of nitrogens with zero attached hydrogens (tertiary/aromatic N) is 1. The Morgan fingerprint density at radius 3 is 2.62 bits per heavy atom. The zero-order valence-corrected chi connectivity index (χ0v) is 13.9. The summed E-state index contributed by atoms with van der Waals surface area (Å²) in [6.07, 6.45) is 3.39. The number of hydrogen-bond acceptors (Lipinski definition) is 2. The minimum atomic E-state index is 0.0781. The molecule has 1 aliphatic heterocycles. The molecule has 116 valence electrons. The van der Waals surface area contributed by atoms with Crippen molar-refractivity contribution in [1.82, 2.24) is 4.90 Å². The van der Waals surface area contributed by atoms with Gasteiger partial charge in [0.1, 0.15) is 5.75 Å². The first-order valence-electron chi connectivity index (χ1n) is 7.64. The molecular formula is C17H24ClNO2. The van der Waals surface area contributed by atoms with Crippen molar-refractivity contribution in [3.05, 3.63) is 28.3 Å². The van der Waals surface area contributed by atoms with Crippen LogP contribution in [0.4, 0.5) is 0 Å². The third-order valence-corrected chi connectivity index (χ3v) is 4.74. The number of carbonyl (C=O) groups excluding carboxylic acids is 1. The lowest BCUT2D eigenvalue weighted by atomic mass is 10.0. The molecule has 1 heterocycles. The Morgan fingerprint density at radius 1 is 1.29 bits per heavy atom. The summed E-state index contributed by atoms with van der Waals surface area (Å²) in [6, 6.07) is 3.76. The average molecular weight is 310 g/mol. The molecule has 4 heteroatoms. The number of benzene rings is 1. The van der Waals surface area contributed by atoms with Crippen LogP contribution in [0, 0.1) is 19.8 Å². The summed E-state index contributed by atoms with van der Waals surface area (Å²) in [7, 11) is 0. The smallest absolute Gasteiger partial charge is 0.260 e. The Labute approximate surface area is 132 Å². The summed E-state index contributed by atoms with van der Waals surface area (Å²) >= 11 is 6.14. The molecule has 0 N–H and O–H groups in total. The SMILES string of the molecule is Cc1cc(OCC(=O)N2CCCC(C)CC2)cc(C)c1Cl. The van der Waals surface area contributed by atoms with E-state index in [0.29, 0.717) is 11.7 Å². The first-order chi connectivity index (χ1) is 9.97. The van der Waals surface area contributed by atoms with Gasteiger partial charge in [-0.05, 0) is 62.3 Å². The van der Waals surface area contributed by atoms with Gasteiger partial charge < -0.3 is 9.64 Å². The van der Waals surface area contributed by atoms with E-state index in [2.05, 4.69) is 6.92 Å². The van der Waals surface area contributed by atoms with Crippen LogP contribution in [0.2, 0.25) is 5.02 Å². The molecular weight excluding hydrogens is 286 g/mol. The van der Waals surface area contributed by atoms with Gasteiger partial charge in [0.15, 0.2) is 6.61 Å². The highest BCUT2D eigenvalue weighted by Gasteiger charge is 2.18. The zero-order chi connectivity index (χ0) is 15.4. The van der Waals surface area contributed by atoms with E-state index in [1.807, 2.05) is 30.9 Å². The molecule has 0 radical (unpaired) electrons. The largest absolute Gasteiger partial charge is 0.484 e. The number of hydrogen-bond donors (Lipinski definition) is 0. The quantitative estimate of drug-likeness (QED) is 0.845. The van der Waals surface area contributed by atoms with Gasteiger partial charge >= 0.3 is 0 Å². The van der Waals surface area contributed by atoms with E-state index in [0.717, 1.165) is 42.1 Å². The minimum absolute atomic E-state index is 0.0781. The van der Waals surface area contributed by atoms with E-state index in [9.17, 15) is 4.79 Å². The number of amides is 1. The first-order valence-corrected chi connectivity index (χ1v) is 8.02. The van der Waals surface area contributed by atoms with Gasteiger partial charge in [0.05, 0.1) is 0 Å². The second-order valence-electron chi connectivity index (χ2n) is 6.08. The monoisotopic (exact) mass is 309 g/mol. The number of rotatable bonds is 3. The van der Waals surface area contributed by atoms with Gasteiger partial charge in [-0.15, -0.1) is 0 Å². The highest BCUT2D eigenvalue weighted by Crippen LogP contribution is 2.26. The fraction of sp³-hybridized carbons (Fsp3) is 0.588. The summed E-state index contributed by atoms with van der Waals surface area (Å²) in [4.78, 5) is 14.2. The van der Waals surface area contributed by atoms with Crippen LogP contribution in [-0.2, 0) is 4.79 Å². The lowest BCUT2D eigenvalue weighted by Gasteiger charge is -2.20. The molecule has 1 atom stereocenters. The van der Waals surface area contributed by atoms with Crippen molar-refractivity contribution >= 4 is 17.5 Å². The minimum Gasteiger partial charge on any atom is -0.484 e. The van der Waals surface area contributed by atoms with Crippen molar-refractivity contribution in [2.75, 3.05) is 19.7 Å². The Bertz CT molecular complexity index is 493. The highest BCUT2D eigenvalue weighted by molar-refractivity contribution is 6.32. The molecule has 1 amide bonds. The lowest BCUT2D eigenvalue weighted by molar-refractivity contribution is -0.133. The third-order valence-electron chi connectivity index (χ3n) is 4.14. The molecule has 1 fully saturated rings. The van der Waals surface area contributed by atoms with Crippen molar-refractivity contribution < 1.29 is 9.53 Å². The highest BCUT2D eigenvalue weighted by atomic mass is 35.5. The van der Waals surface area contributed by atoms with Crippen LogP contribution in [0.3, 0.4) is 0 Å². The molecule has 1 unspecified atom stereocenters. The Morgan fingerprint density at radius 2 is 1.95 bits per heavy atom. The Hall–Kier alpha value is -1.22. The standard InChI is InChI=1S/C17H24ClNO2/c1-12-5-4-7-19(8-6-12)16(20)11-21-15-9-13(2)17(18)14(3)10-15/h9-10,12H,4-8,11H2,1-3H3. The number of carbonyl (C=O) groups is 1. The maximum atomic E-state index is 12.2. The fourth-order valence-electron chi connectivity index (χ4n) is 2.74. The summed E-state index contributed by atoms with van der Waals surface area (Å²) in [5.74, 6) is 1.51. The van der Waals surface area contributed by atoms with Crippen LogP contribution in [0.5, 0.6) is 5.75 Å². The molecule has 3 nitrogen and oxygen atoms in total. The van der Waals surface area contributed by atoms with Crippen LogP contribution in [0.25, 0.3) is 0 Å². The van der Waals surface area contributed by atoms with Gasteiger partial charge in [-0.1, -0.05) is 18.5 Å². The van der Waals surface area contributed by atoms with Crippen LogP contribution in [0.15, 0.2) is 12.1 Å². The van der Waals surface area contributed by atoms with Gasteiger partial charge in [0.25, 0.3) is 5.91 Å². The summed E-state index contributed by atoms with van der Waals surface area (Å²) < 4.78 is 5.66. The maximum absolute atomic E-state index is 12.2. The Kier molecular flexibility index (Phi) is 5.51. The van der Waals surface area contributed by atoms with Crippen molar-refractivity contribution in [2.45, 2.75) is 40.0 Å². The van der Waals surface area contributed by atoms with Gasteiger partial charge in [0.2, 0.25) is 0 Å². The van der Waals surface area contributed by atoms with Gasteiger partial charge in [-0.3, -0.25) is 4.79 Å². The predicted octanol–water partition coefficient (Wildman–Crippen LogP) is 3.98. The Balaban J connectivity index is 1.92. The van der Waals surface area contributed by atoms with Crippen molar-refractivity contribution in [3.8, 4) is 5.75 Å². The fourth-order valence-corrected chi connectivity index (χ4v) is 2.85. The summed E-state index contributed by atoms with van der Waals surface area (Å²) in [6.45, 7) is 7.95. The zero-order valence-electron chi connectivity index (χ0n) is 13.1. The predicted molar refractivity (Wildman–Crippen MR) is 86.0 cm³/mol. The molecule has 0 aliphatic carbocycles. The molecule has 1 saturated heterocycles.